The highest BCUT2D eigenvalue weighted by Gasteiger charge is 2.31. The van der Waals surface area contributed by atoms with Crippen LogP contribution in [-0.2, 0) is 11.3 Å². The smallest absolute Gasteiger partial charge is 0.242 e. The number of hydrogen-bond donors (Lipinski definition) is 1. The van der Waals surface area contributed by atoms with Crippen molar-refractivity contribution < 1.29 is 23.0 Å². The van der Waals surface area contributed by atoms with E-state index in [9.17, 15) is 13.9 Å². The van der Waals surface area contributed by atoms with Crippen molar-refractivity contribution in [3.8, 4) is 0 Å². The van der Waals surface area contributed by atoms with Crippen LogP contribution in [0.25, 0.3) is 0 Å². The van der Waals surface area contributed by atoms with Crippen LogP contribution >= 0.6 is 0 Å². The number of aliphatic hydroxyl groups is 1. The second kappa shape index (κ2) is 6.69. The van der Waals surface area contributed by atoms with Crippen molar-refractivity contribution in [2.45, 2.75) is 25.7 Å². The van der Waals surface area contributed by atoms with E-state index in [0.717, 1.165) is 12.1 Å². The fourth-order valence-corrected chi connectivity index (χ4v) is 2.53. The zero-order valence-electron chi connectivity index (χ0n) is 12.6. The molecule has 1 unspecified atom stereocenters. The Labute approximate surface area is 131 Å². The number of aromatic nitrogens is 2. The highest BCUT2D eigenvalue weighted by atomic mass is 19.1. The van der Waals surface area contributed by atoms with E-state index < -0.39 is 17.7 Å². The Balaban J connectivity index is 1.45. The molecule has 2 heterocycles. The van der Waals surface area contributed by atoms with Crippen LogP contribution in [0.1, 0.15) is 23.4 Å². The summed E-state index contributed by atoms with van der Waals surface area (Å²) in [4.78, 5) is 1.86. The van der Waals surface area contributed by atoms with E-state index in [4.69, 9.17) is 9.15 Å². The van der Waals surface area contributed by atoms with E-state index >= 15 is 0 Å². The van der Waals surface area contributed by atoms with Gasteiger partial charge in [-0.2, -0.15) is 0 Å². The molecule has 1 aliphatic heterocycles. The van der Waals surface area contributed by atoms with Gasteiger partial charge in [0.15, 0.2) is 0 Å². The molecule has 0 aliphatic carbocycles. The van der Waals surface area contributed by atoms with Crippen molar-refractivity contribution in [3.05, 3.63) is 47.2 Å². The maximum absolute atomic E-state index is 13.6. The van der Waals surface area contributed by atoms with Crippen LogP contribution in [0.4, 0.5) is 8.78 Å². The van der Waals surface area contributed by atoms with Crippen molar-refractivity contribution in [1.82, 2.24) is 15.1 Å². The Morgan fingerprint density at radius 1 is 1.35 bits per heavy atom. The van der Waals surface area contributed by atoms with Gasteiger partial charge >= 0.3 is 0 Å². The lowest BCUT2D eigenvalue weighted by molar-refractivity contribution is -0.0797. The molecule has 6 nitrogen and oxygen atoms in total. The minimum Gasteiger partial charge on any atom is -0.423 e. The standard InChI is InChI=1S/C15H17F2N3O3/c1-9-18-19-14(23-9)8-22-10-5-20(6-10)7-13(21)15-11(16)3-2-4-12(15)17/h2-4,10,13,21H,5-8H2,1H3. The minimum atomic E-state index is -1.21. The maximum Gasteiger partial charge on any atom is 0.242 e. The number of aryl methyl sites for hydroxylation is 1. The molecule has 1 aromatic carbocycles. The first-order valence-electron chi connectivity index (χ1n) is 7.28. The van der Waals surface area contributed by atoms with Crippen LogP contribution in [0, 0.1) is 18.6 Å². The lowest BCUT2D eigenvalue weighted by atomic mass is 10.0. The van der Waals surface area contributed by atoms with E-state index in [1.807, 2.05) is 4.90 Å². The first-order chi connectivity index (χ1) is 11.0. The quantitative estimate of drug-likeness (QED) is 0.870. The number of ether oxygens (including phenoxy) is 1. The number of β-amino-alcohol motifs (C(OH)–C–C–N with tert-alkyl or cyclic N) is 1. The zero-order chi connectivity index (χ0) is 16.4. The number of likely N-dealkylation sites (tertiary alicyclic amines) is 1. The number of nitrogens with zero attached hydrogens (tertiary/aromatic N) is 3. The van der Waals surface area contributed by atoms with Gasteiger partial charge in [0, 0.05) is 26.6 Å². The van der Waals surface area contributed by atoms with Gasteiger partial charge in [-0.15, -0.1) is 10.2 Å². The molecule has 124 valence electrons. The van der Waals surface area contributed by atoms with Crippen molar-refractivity contribution in [2.24, 2.45) is 0 Å². The summed E-state index contributed by atoms with van der Waals surface area (Å²) in [5.74, 6) is -0.585. The summed E-state index contributed by atoms with van der Waals surface area (Å²) in [6, 6.07) is 3.54. The molecule has 23 heavy (non-hydrogen) atoms. The van der Waals surface area contributed by atoms with Crippen molar-refractivity contribution in [1.29, 1.82) is 0 Å². The van der Waals surface area contributed by atoms with Crippen molar-refractivity contribution >= 4 is 0 Å². The summed E-state index contributed by atoms with van der Waals surface area (Å²) in [6.45, 7) is 3.21. The van der Waals surface area contributed by atoms with Crippen LogP contribution < -0.4 is 0 Å². The maximum atomic E-state index is 13.6. The van der Waals surface area contributed by atoms with Crippen LogP contribution in [0.15, 0.2) is 22.6 Å². The number of halogens is 2. The molecule has 1 aromatic heterocycles. The van der Waals surface area contributed by atoms with Gasteiger partial charge < -0.3 is 14.3 Å². The second-order valence-corrected chi connectivity index (χ2v) is 5.52. The van der Waals surface area contributed by atoms with Crippen molar-refractivity contribution in [3.63, 3.8) is 0 Å². The summed E-state index contributed by atoms with van der Waals surface area (Å²) >= 11 is 0. The number of benzene rings is 1. The molecule has 1 aliphatic rings. The highest BCUT2D eigenvalue weighted by Crippen LogP contribution is 2.24. The molecular formula is C15H17F2N3O3. The van der Waals surface area contributed by atoms with Gasteiger partial charge in [0.05, 0.1) is 17.8 Å². The molecule has 0 saturated carbocycles. The Hall–Kier alpha value is -1.90. The average Bonchev–Trinajstić information content (AvgIpc) is 2.86. The lowest BCUT2D eigenvalue weighted by Crippen LogP contribution is -2.53. The summed E-state index contributed by atoms with van der Waals surface area (Å²) in [5.41, 5.74) is -0.293. The van der Waals surface area contributed by atoms with Gasteiger partial charge in [0.2, 0.25) is 11.8 Å². The van der Waals surface area contributed by atoms with E-state index in [2.05, 4.69) is 10.2 Å². The van der Waals surface area contributed by atoms with Crippen LogP contribution in [0.5, 0.6) is 0 Å². The summed E-state index contributed by atoms with van der Waals surface area (Å²) in [5, 5.41) is 17.5. The largest absolute Gasteiger partial charge is 0.423 e. The fraction of sp³-hybridized carbons (Fsp3) is 0.467. The van der Waals surface area contributed by atoms with E-state index in [0.29, 0.717) is 24.9 Å². The fourth-order valence-electron chi connectivity index (χ4n) is 2.53. The third-order valence-corrected chi connectivity index (χ3v) is 3.70. The lowest BCUT2D eigenvalue weighted by Gasteiger charge is -2.39. The first kappa shape index (κ1) is 16.0. The number of aliphatic hydroxyl groups excluding tert-OH is 1. The molecule has 3 rings (SSSR count). The number of rotatable bonds is 6. The van der Waals surface area contributed by atoms with Gasteiger partial charge in [0.1, 0.15) is 18.2 Å². The van der Waals surface area contributed by atoms with E-state index in [-0.39, 0.29) is 24.8 Å². The van der Waals surface area contributed by atoms with Gasteiger partial charge in [0.25, 0.3) is 0 Å². The molecule has 1 fully saturated rings. The summed E-state index contributed by atoms with van der Waals surface area (Å²) in [6.07, 6.45) is -1.24. The molecule has 1 saturated heterocycles. The SMILES string of the molecule is Cc1nnc(COC2CN(CC(O)c3c(F)cccc3F)C2)o1. The van der Waals surface area contributed by atoms with Gasteiger partial charge in [-0.25, -0.2) is 8.78 Å². The predicted molar refractivity (Wildman–Crippen MR) is 75.4 cm³/mol. The molecule has 2 aromatic rings. The number of hydrogen-bond acceptors (Lipinski definition) is 6. The molecule has 0 amide bonds. The van der Waals surface area contributed by atoms with Crippen LogP contribution in [0.3, 0.4) is 0 Å². The minimum absolute atomic E-state index is 0.0279. The molecule has 0 radical (unpaired) electrons. The summed E-state index contributed by atoms with van der Waals surface area (Å²) < 4.78 is 38.0. The molecule has 1 atom stereocenters. The Kier molecular flexibility index (Phi) is 4.65. The second-order valence-electron chi connectivity index (χ2n) is 5.52. The average molecular weight is 325 g/mol. The summed E-state index contributed by atoms with van der Waals surface area (Å²) in [7, 11) is 0. The monoisotopic (exact) mass is 325 g/mol. The predicted octanol–water partition coefficient (Wildman–Crippen LogP) is 1.59. The Morgan fingerprint density at radius 3 is 2.65 bits per heavy atom. The van der Waals surface area contributed by atoms with E-state index in [1.165, 1.54) is 6.07 Å². The Morgan fingerprint density at radius 2 is 2.04 bits per heavy atom. The van der Waals surface area contributed by atoms with Gasteiger partial charge in [-0.05, 0) is 12.1 Å². The Bertz CT molecular complexity index is 653. The van der Waals surface area contributed by atoms with Crippen molar-refractivity contribution in [2.75, 3.05) is 19.6 Å². The molecule has 0 bridgehead atoms. The molecular weight excluding hydrogens is 308 g/mol. The highest BCUT2D eigenvalue weighted by molar-refractivity contribution is 5.22. The molecule has 0 spiro atoms. The topological polar surface area (TPSA) is 71.6 Å². The molecule has 1 N–H and O–H groups in total. The van der Waals surface area contributed by atoms with Crippen LogP contribution in [0.2, 0.25) is 0 Å². The van der Waals surface area contributed by atoms with Gasteiger partial charge in [-0.1, -0.05) is 6.07 Å². The third kappa shape index (κ3) is 3.72. The first-order valence-corrected chi connectivity index (χ1v) is 7.28. The molecule has 8 heteroatoms. The van der Waals surface area contributed by atoms with Gasteiger partial charge in [-0.3, -0.25) is 4.90 Å². The third-order valence-electron chi connectivity index (χ3n) is 3.70. The van der Waals surface area contributed by atoms with E-state index in [1.54, 1.807) is 6.92 Å². The van der Waals surface area contributed by atoms with Crippen LogP contribution in [-0.4, -0.2) is 45.9 Å². The zero-order valence-corrected chi connectivity index (χ0v) is 12.6. The normalized spacial score (nSPS) is 17.2.